The van der Waals surface area contributed by atoms with E-state index in [-0.39, 0.29) is 12.3 Å². The second kappa shape index (κ2) is 7.84. The van der Waals surface area contributed by atoms with E-state index in [4.69, 9.17) is 16.3 Å². The van der Waals surface area contributed by atoms with Gasteiger partial charge in [0.05, 0.1) is 15.1 Å². The average Bonchev–Trinajstić information content (AvgIpc) is 2.56. The van der Waals surface area contributed by atoms with Crippen LogP contribution in [0.4, 0.5) is 11.4 Å². The second-order valence-electron chi connectivity index (χ2n) is 5.54. The van der Waals surface area contributed by atoms with E-state index in [1.807, 2.05) is 13.8 Å². The SMILES string of the molecule is Cc1ccc([N+](=O)[O-])cc1NC(=O)COc1cc(C)c(Cl)c(C)c1Br. The molecule has 0 bridgehead atoms. The van der Waals surface area contributed by atoms with E-state index in [9.17, 15) is 14.9 Å². The molecule has 0 heterocycles. The van der Waals surface area contributed by atoms with E-state index in [1.54, 1.807) is 19.1 Å². The molecule has 0 atom stereocenters. The van der Waals surface area contributed by atoms with E-state index >= 15 is 0 Å². The van der Waals surface area contributed by atoms with Crippen LogP contribution in [-0.4, -0.2) is 17.4 Å². The molecule has 6 nitrogen and oxygen atoms in total. The molecular weight excluding hydrogens is 412 g/mol. The molecule has 0 spiro atoms. The standard InChI is InChI=1S/C17H16BrClN2O4/c1-9-4-5-12(21(23)24)7-13(9)20-15(22)8-25-14-6-10(2)17(19)11(3)16(14)18/h4-7H,8H2,1-3H3,(H,20,22). The Morgan fingerprint density at radius 2 is 1.96 bits per heavy atom. The maximum atomic E-state index is 12.1. The lowest BCUT2D eigenvalue weighted by Crippen LogP contribution is -2.21. The molecule has 132 valence electrons. The molecular formula is C17H16BrClN2O4. The molecule has 0 unspecified atom stereocenters. The number of nitrogens with zero attached hydrogens (tertiary/aromatic N) is 1. The van der Waals surface area contributed by atoms with Crippen LogP contribution < -0.4 is 10.1 Å². The van der Waals surface area contributed by atoms with Gasteiger partial charge in [-0.05, 0) is 59.5 Å². The summed E-state index contributed by atoms with van der Waals surface area (Å²) >= 11 is 9.57. The molecule has 0 saturated carbocycles. The Morgan fingerprint density at radius 1 is 1.28 bits per heavy atom. The maximum absolute atomic E-state index is 12.1. The van der Waals surface area contributed by atoms with Crippen molar-refractivity contribution < 1.29 is 14.5 Å². The van der Waals surface area contributed by atoms with Crippen LogP contribution in [0.1, 0.15) is 16.7 Å². The van der Waals surface area contributed by atoms with E-state index in [2.05, 4.69) is 21.2 Å². The first-order valence-corrected chi connectivity index (χ1v) is 8.50. The van der Waals surface area contributed by atoms with Gasteiger partial charge in [-0.15, -0.1) is 0 Å². The predicted molar refractivity (Wildman–Crippen MR) is 101 cm³/mol. The van der Waals surface area contributed by atoms with Crippen LogP contribution in [0.25, 0.3) is 0 Å². The number of carbonyl (C=O) groups excluding carboxylic acids is 1. The van der Waals surface area contributed by atoms with Crippen molar-refractivity contribution in [2.75, 3.05) is 11.9 Å². The summed E-state index contributed by atoms with van der Waals surface area (Å²) in [5.41, 5.74) is 2.68. The first-order chi connectivity index (χ1) is 11.7. The predicted octanol–water partition coefficient (Wildman–Crippen LogP) is 4.95. The number of anilines is 1. The molecule has 25 heavy (non-hydrogen) atoms. The van der Waals surface area contributed by atoms with E-state index in [0.29, 0.717) is 20.9 Å². The summed E-state index contributed by atoms with van der Waals surface area (Å²) in [5.74, 6) is 0.0890. The average molecular weight is 428 g/mol. The summed E-state index contributed by atoms with van der Waals surface area (Å²) in [6.07, 6.45) is 0. The highest BCUT2D eigenvalue weighted by Gasteiger charge is 2.14. The molecule has 2 aromatic rings. The number of hydrogen-bond donors (Lipinski definition) is 1. The second-order valence-corrected chi connectivity index (χ2v) is 6.71. The number of nitrogens with one attached hydrogen (secondary N) is 1. The lowest BCUT2D eigenvalue weighted by atomic mass is 10.1. The van der Waals surface area contributed by atoms with E-state index in [1.165, 1.54) is 12.1 Å². The van der Waals surface area contributed by atoms with E-state index < -0.39 is 10.8 Å². The molecule has 0 aliphatic rings. The summed E-state index contributed by atoms with van der Waals surface area (Å²) in [6, 6.07) is 6.03. The molecule has 0 saturated heterocycles. The van der Waals surface area contributed by atoms with Gasteiger partial charge in [-0.2, -0.15) is 0 Å². The Bertz CT molecular complexity index is 855. The molecule has 2 rings (SSSR count). The largest absolute Gasteiger partial charge is 0.483 e. The number of benzene rings is 2. The zero-order chi connectivity index (χ0) is 18.7. The van der Waals surface area contributed by atoms with E-state index in [0.717, 1.165) is 16.7 Å². The van der Waals surface area contributed by atoms with Crippen LogP contribution >= 0.6 is 27.5 Å². The van der Waals surface area contributed by atoms with Crippen LogP contribution in [0.5, 0.6) is 5.75 Å². The van der Waals surface area contributed by atoms with Gasteiger partial charge in [0, 0.05) is 17.2 Å². The molecule has 2 aromatic carbocycles. The molecule has 0 fully saturated rings. The minimum absolute atomic E-state index is 0.0893. The van der Waals surface area contributed by atoms with Crippen molar-refractivity contribution in [2.45, 2.75) is 20.8 Å². The molecule has 0 aliphatic carbocycles. The molecule has 1 N–H and O–H groups in total. The highest BCUT2D eigenvalue weighted by molar-refractivity contribution is 9.10. The van der Waals surface area contributed by atoms with Crippen molar-refractivity contribution in [3.8, 4) is 5.75 Å². The number of nitro groups is 1. The fourth-order valence-electron chi connectivity index (χ4n) is 2.19. The zero-order valence-corrected chi connectivity index (χ0v) is 16.2. The van der Waals surface area contributed by atoms with Crippen LogP contribution in [0.3, 0.4) is 0 Å². The Balaban J connectivity index is 2.10. The number of amides is 1. The fourth-order valence-corrected chi connectivity index (χ4v) is 2.88. The third-order valence-electron chi connectivity index (χ3n) is 3.63. The Labute approximate surface area is 158 Å². The number of nitro benzene ring substituents is 1. The van der Waals surface area contributed by atoms with Crippen molar-refractivity contribution in [1.82, 2.24) is 0 Å². The number of rotatable bonds is 5. The van der Waals surface area contributed by atoms with Crippen LogP contribution in [0.2, 0.25) is 5.02 Å². The third-order valence-corrected chi connectivity index (χ3v) is 5.20. The number of non-ortho nitro benzene ring substituents is 1. The molecule has 1 amide bonds. The number of hydrogen-bond acceptors (Lipinski definition) is 4. The molecule has 0 radical (unpaired) electrons. The first kappa shape index (κ1) is 19.2. The topological polar surface area (TPSA) is 81.5 Å². The number of aryl methyl sites for hydroxylation is 2. The Morgan fingerprint density at radius 3 is 2.60 bits per heavy atom. The molecule has 0 aliphatic heterocycles. The quantitative estimate of drug-likeness (QED) is 0.540. The number of carbonyl (C=O) groups is 1. The summed E-state index contributed by atoms with van der Waals surface area (Å²) in [4.78, 5) is 22.4. The third kappa shape index (κ3) is 4.49. The van der Waals surface area contributed by atoms with Gasteiger partial charge in [0.1, 0.15) is 5.75 Å². The van der Waals surface area contributed by atoms with Crippen LogP contribution in [0.15, 0.2) is 28.7 Å². The van der Waals surface area contributed by atoms with Crippen LogP contribution in [-0.2, 0) is 4.79 Å². The summed E-state index contributed by atoms with van der Waals surface area (Å²) in [5, 5.41) is 14.1. The van der Waals surface area contributed by atoms with Crippen molar-refractivity contribution in [3.63, 3.8) is 0 Å². The van der Waals surface area contributed by atoms with Crippen LogP contribution in [0, 0.1) is 30.9 Å². The normalized spacial score (nSPS) is 10.4. The number of ether oxygens (including phenoxy) is 1. The van der Waals surface area contributed by atoms with Gasteiger partial charge in [0.15, 0.2) is 6.61 Å². The Kier molecular flexibility index (Phi) is 6.02. The first-order valence-electron chi connectivity index (χ1n) is 7.33. The van der Waals surface area contributed by atoms with Crippen molar-refractivity contribution in [2.24, 2.45) is 0 Å². The highest BCUT2D eigenvalue weighted by atomic mass is 79.9. The minimum atomic E-state index is -0.512. The van der Waals surface area contributed by atoms with Gasteiger partial charge < -0.3 is 10.1 Å². The van der Waals surface area contributed by atoms with Gasteiger partial charge >= 0.3 is 0 Å². The molecule has 8 heteroatoms. The van der Waals surface area contributed by atoms with Crippen molar-refractivity contribution >= 4 is 44.8 Å². The number of halogens is 2. The smallest absolute Gasteiger partial charge is 0.271 e. The summed E-state index contributed by atoms with van der Waals surface area (Å²) < 4.78 is 6.24. The van der Waals surface area contributed by atoms with Crippen molar-refractivity contribution in [3.05, 3.63) is 60.6 Å². The highest BCUT2D eigenvalue weighted by Crippen LogP contribution is 2.35. The van der Waals surface area contributed by atoms with Crippen molar-refractivity contribution in [1.29, 1.82) is 0 Å². The van der Waals surface area contributed by atoms with Gasteiger partial charge in [-0.25, -0.2) is 0 Å². The van der Waals surface area contributed by atoms with Gasteiger partial charge in [-0.1, -0.05) is 17.7 Å². The minimum Gasteiger partial charge on any atom is -0.483 e. The Hall–Kier alpha value is -2.12. The van der Waals surface area contributed by atoms with Gasteiger partial charge in [-0.3, -0.25) is 14.9 Å². The van der Waals surface area contributed by atoms with Gasteiger partial charge in [0.25, 0.3) is 11.6 Å². The van der Waals surface area contributed by atoms with Gasteiger partial charge in [0.2, 0.25) is 0 Å². The fraction of sp³-hybridized carbons (Fsp3) is 0.235. The monoisotopic (exact) mass is 426 g/mol. The lowest BCUT2D eigenvalue weighted by molar-refractivity contribution is -0.384. The molecule has 0 aromatic heterocycles. The zero-order valence-electron chi connectivity index (χ0n) is 13.9. The maximum Gasteiger partial charge on any atom is 0.271 e. The summed E-state index contributed by atoms with van der Waals surface area (Å²) in [7, 11) is 0. The lowest BCUT2D eigenvalue weighted by Gasteiger charge is -2.13. The summed E-state index contributed by atoms with van der Waals surface area (Å²) in [6.45, 7) is 5.21.